The molecule has 4 aliphatic rings. The normalized spacial score (nSPS) is 15.0. The molecule has 0 unspecified atom stereocenters. The first-order valence-electron chi connectivity index (χ1n) is 32.5. The summed E-state index contributed by atoms with van der Waals surface area (Å²) in [7, 11) is -12.4. The maximum Gasteiger partial charge on any atom is 0.433 e. The molecule has 0 spiro atoms. The second-order valence-corrected chi connectivity index (χ2v) is 32.2. The Bertz CT molecular complexity index is 5430. The smallest absolute Gasteiger partial charge is 0.381 e. The molecule has 0 saturated heterocycles. The molecule has 1 fully saturated rings. The van der Waals surface area contributed by atoms with Gasteiger partial charge in [0.15, 0.2) is 5.82 Å². The Hall–Kier alpha value is -10.7. The number of anilines is 9. The Morgan fingerprint density at radius 1 is 0.509 bits per heavy atom. The number of sulfonamides is 3. The summed E-state index contributed by atoms with van der Waals surface area (Å²) in [5.41, 5.74) is 4.47. The van der Waals surface area contributed by atoms with Crippen molar-refractivity contribution >= 4 is 87.6 Å². The number of carbonyl (C=O) groups is 1. The predicted molar refractivity (Wildman–Crippen MR) is 375 cm³/mol. The molecule has 22 nitrogen and oxygen atoms in total. The monoisotopic (exact) mass is 1520 g/mol. The Kier molecular flexibility index (Phi) is 19.3. The third-order valence-electron chi connectivity index (χ3n) is 18.4. The van der Waals surface area contributed by atoms with E-state index in [2.05, 4.69) is 46.0 Å². The lowest BCUT2D eigenvalue weighted by Gasteiger charge is -2.42. The van der Waals surface area contributed by atoms with Crippen LogP contribution in [-0.4, -0.2) is 66.3 Å². The van der Waals surface area contributed by atoms with Crippen molar-refractivity contribution in [3.05, 3.63) is 237 Å². The second kappa shape index (κ2) is 27.3. The highest BCUT2D eigenvalue weighted by Crippen LogP contribution is 2.55. The number of alkyl halides is 9. The Morgan fingerprint density at radius 3 is 1.30 bits per heavy atom. The molecule has 1 amide bonds. The summed E-state index contributed by atoms with van der Waals surface area (Å²) in [5, 5.41) is 23.3. The lowest BCUT2D eigenvalue weighted by molar-refractivity contribution is -0.141. The van der Waals surface area contributed by atoms with E-state index in [4.69, 9.17) is 10.3 Å². The number of aliphatic hydroxyl groups is 1. The highest BCUT2D eigenvalue weighted by atomic mass is 32.2. The summed E-state index contributed by atoms with van der Waals surface area (Å²) in [6.07, 6.45) is -9.29. The van der Waals surface area contributed by atoms with Crippen molar-refractivity contribution in [1.82, 2.24) is 30.1 Å². The van der Waals surface area contributed by atoms with Crippen molar-refractivity contribution in [3.63, 3.8) is 0 Å². The molecule has 0 radical (unpaired) electrons. The molecular weight excluding hydrogens is 1460 g/mol. The van der Waals surface area contributed by atoms with Crippen LogP contribution < -0.4 is 34.6 Å². The van der Waals surface area contributed by atoms with E-state index in [0.717, 1.165) is 49.9 Å². The van der Waals surface area contributed by atoms with E-state index in [1.165, 1.54) is 97.3 Å². The summed E-state index contributed by atoms with van der Waals surface area (Å²) >= 11 is 0. The van der Waals surface area contributed by atoms with Gasteiger partial charge in [-0.25, -0.2) is 40.2 Å². The minimum Gasteiger partial charge on any atom is -0.381 e. The van der Waals surface area contributed by atoms with Crippen LogP contribution in [0.25, 0.3) is 0 Å². The number of fused-ring (bicyclic) bond motifs is 6. The van der Waals surface area contributed by atoms with Gasteiger partial charge in [-0.3, -0.25) is 22.7 Å². The summed E-state index contributed by atoms with van der Waals surface area (Å²) in [6.45, 7) is 10.9. The van der Waals surface area contributed by atoms with Gasteiger partial charge in [-0.1, -0.05) is 107 Å². The molecule has 6 N–H and O–H groups in total. The van der Waals surface area contributed by atoms with Crippen molar-refractivity contribution in [2.75, 3.05) is 28.9 Å². The van der Waals surface area contributed by atoms with Gasteiger partial charge in [-0.05, 0) is 145 Å². The molecule has 14 rings (SSSR count). The van der Waals surface area contributed by atoms with Crippen LogP contribution in [-0.2, 0) is 89.5 Å². The first kappa shape index (κ1) is 75.0. The zero-order valence-electron chi connectivity index (χ0n) is 57.3. The molecule has 5 aromatic carbocycles. The number of hydrogen-bond acceptors (Lipinski definition) is 18. The minimum atomic E-state index is -4.69. The van der Waals surface area contributed by atoms with E-state index in [1.807, 2.05) is 20.8 Å². The van der Waals surface area contributed by atoms with Crippen molar-refractivity contribution < 1.29 is 79.2 Å². The van der Waals surface area contributed by atoms with E-state index in [9.17, 15) is 74.7 Å². The standard InChI is InChI=1S/C29H28F3N5O4S.C24H23F3N4O3S.C19H15F3N4O2S/c1-17-8-11-19(12-9-17)42(39,40)37-16-18-10-13-22(29(30,31)32)34-24(18)33-21-7-4-6-20(23(21)37)28(14-5-15-28)25-35-26(41-36-25)27(2,3)38;1-14-7-10-16(11-8-14)35(33,34)31-13-15-9-12-19(24(25,26)27)30-21(15)29-18-6-4-5-17(20(18)31)23(2,3)22(28)32;1-12-2-5-14(6-3-12)29(27,28)26-11-13-4-7-17(19(20,21)22)25-18(13)24-15-8-9-23-10-16(15)26/h4,6-13,38H,5,14-16H2,1-3H3,(H,33,34);4-12H,13H2,1-3H3,(H2,28,32)(H,29,30);2-10H,11H2,1H3,(H,24,25). The molecule has 3 aliphatic heterocycles. The summed E-state index contributed by atoms with van der Waals surface area (Å²) in [4.78, 5) is 32.1. The number of aryl methyl sites for hydroxylation is 3. The van der Waals surface area contributed by atoms with Crippen LogP contribution in [0.15, 0.2) is 183 Å². The van der Waals surface area contributed by atoms with Crippen LogP contribution in [0, 0.1) is 20.8 Å². The molecule has 5 aromatic heterocycles. The zero-order chi connectivity index (χ0) is 76.6. The average molecular weight is 1520 g/mol. The molecule has 0 atom stereocenters. The van der Waals surface area contributed by atoms with Crippen LogP contribution >= 0.6 is 0 Å². The zero-order valence-corrected chi connectivity index (χ0v) is 59.7. The fourth-order valence-corrected chi connectivity index (χ4v) is 16.6. The van der Waals surface area contributed by atoms with Gasteiger partial charge in [0.2, 0.25) is 5.91 Å². The van der Waals surface area contributed by atoms with Crippen LogP contribution in [0.1, 0.15) is 120 Å². The third kappa shape index (κ3) is 14.5. The average Bonchev–Trinajstić information content (AvgIpc) is 1.39. The van der Waals surface area contributed by atoms with E-state index < -0.39 is 88.0 Å². The van der Waals surface area contributed by atoms with Crippen molar-refractivity contribution in [2.24, 2.45) is 5.73 Å². The predicted octanol–water partition coefficient (Wildman–Crippen LogP) is 14.8. The van der Waals surface area contributed by atoms with Gasteiger partial charge in [0.25, 0.3) is 36.0 Å². The highest BCUT2D eigenvalue weighted by Gasteiger charge is 2.50. The van der Waals surface area contributed by atoms with Gasteiger partial charge in [0.1, 0.15) is 40.1 Å². The highest BCUT2D eigenvalue weighted by molar-refractivity contribution is 7.93. The maximum atomic E-state index is 14.3. The number of hydrogen-bond donors (Lipinski definition) is 5. The molecule has 10 aromatic rings. The number of nitrogens with one attached hydrogen (secondary N) is 3. The first-order chi connectivity index (χ1) is 49.6. The number of amides is 1. The molecule has 554 valence electrons. The number of carbonyl (C=O) groups excluding carboxylic acids is 1. The van der Waals surface area contributed by atoms with Gasteiger partial charge in [0, 0.05) is 22.9 Å². The van der Waals surface area contributed by atoms with E-state index in [0.29, 0.717) is 41.0 Å². The number of nitrogens with two attached hydrogens (primary N) is 1. The topological polar surface area (TPSA) is 302 Å². The van der Waals surface area contributed by atoms with Crippen LogP contribution in [0.2, 0.25) is 0 Å². The Balaban J connectivity index is 0.000000152. The second-order valence-electron chi connectivity index (χ2n) is 26.7. The molecule has 106 heavy (non-hydrogen) atoms. The summed E-state index contributed by atoms with van der Waals surface area (Å²) in [6, 6.07) is 36.3. The van der Waals surface area contributed by atoms with Gasteiger partial charge in [-0.2, -0.15) is 44.5 Å². The number of primary amides is 1. The van der Waals surface area contributed by atoms with E-state index in [1.54, 1.807) is 80.6 Å². The number of pyridine rings is 4. The van der Waals surface area contributed by atoms with Gasteiger partial charge in [-0.15, -0.1) is 0 Å². The van der Waals surface area contributed by atoms with Crippen LogP contribution in [0.3, 0.4) is 0 Å². The lowest BCUT2D eigenvalue weighted by Crippen LogP contribution is -2.40. The quantitative estimate of drug-likeness (QED) is 0.0752. The fraction of sp³-hybridized carbons (Fsp3) is 0.264. The molecule has 1 aliphatic carbocycles. The number of aromatic nitrogens is 6. The van der Waals surface area contributed by atoms with Gasteiger partial charge >= 0.3 is 18.5 Å². The number of benzene rings is 5. The van der Waals surface area contributed by atoms with Crippen molar-refractivity contribution in [1.29, 1.82) is 0 Å². The summed E-state index contributed by atoms with van der Waals surface area (Å²) < 4.78 is 212. The van der Waals surface area contributed by atoms with E-state index >= 15 is 0 Å². The maximum absolute atomic E-state index is 14.3. The van der Waals surface area contributed by atoms with Crippen molar-refractivity contribution in [2.45, 2.75) is 137 Å². The first-order valence-corrected chi connectivity index (χ1v) is 36.8. The van der Waals surface area contributed by atoms with Crippen molar-refractivity contribution in [3.8, 4) is 0 Å². The van der Waals surface area contributed by atoms with Gasteiger partial charge in [0.05, 0.1) is 85.5 Å². The number of rotatable bonds is 11. The van der Waals surface area contributed by atoms with Crippen LogP contribution in [0.5, 0.6) is 0 Å². The van der Waals surface area contributed by atoms with Crippen LogP contribution in [0.4, 0.5) is 91.1 Å². The number of nitrogens with zero attached hydrogens (tertiary/aromatic N) is 9. The lowest BCUT2D eigenvalue weighted by atomic mass is 9.63. The Morgan fingerprint density at radius 2 is 0.906 bits per heavy atom. The molecular formula is C72H66F9N13O9S3. The minimum absolute atomic E-state index is 0.0101. The molecule has 1 saturated carbocycles. The molecule has 0 bridgehead atoms. The van der Waals surface area contributed by atoms with Gasteiger partial charge < -0.3 is 31.3 Å². The molecule has 8 heterocycles. The largest absolute Gasteiger partial charge is 0.433 e. The van der Waals surface area contributed by atoms with E-state index in [-0.39, 0.29) is 97.2 Å². The number of para-hydroxylation sites is 2. The SMILES string of the molecule is Cc1ccc(S(=O)(=O)N2Cc3ccc(C(F)(F)F)nc3Nc3cccc(C(C)(C)C(N)=O)c32)cc1.Cc1ccc(S(=O)(=O)N2Cc3ccc(C(F)(F)F)nc3Nc3cccc(C4(c5noc(C(C)(C)O)n5)CCC4)c32)cc1.Cc1ccc(S(=O)(=O)N2Cc3ccc(C(F)(F)F)nc3Nc3ccncc32)cc1. The third-order valence-corrected chi connectivity index (χ3v) is 23.7. The number of halogens is 9. The summed E-state index contributed by atoms with van der Waals surface area (Å²) in [5.74, 6) is -0.643. The fourth-order valence-electron chi connectivity index (χ4n) is 12.2. The molecule has 34 heteroatoms. The Labute approximate surface area is 602 Å².